The molecule has 2 aromatic rings. The van der Waals surface area contributed by atoms with Crippen molar-refractivity contribution in [2.45, 2.75) is 6.42 Å². The van der Waals surface area contributed by atoms with Crippen molar-refractivity contribution in [1.82, 2.24) is 9.59 Å². The number of hydrogen-bond donors (Lipinski definition) is 2. The summed E-state index contributed by atoms with van der Waals surface area (Å²) in [6.45, 7) is -0.0364. The largest absolute Gasteiger partial charge is 0.395 e. The Morgan fingerprint density at radius 3 is 3.00 bits per heavy atom. The number of nitrogens with one attached hydrogen (secondary N) is 1. The molecular weight excluding hydrogens is 281 g/mol. The number of rotatable bonds is 3. The van der Waals surface area contributed by atoms with Crippen molar-refractivity contribution in [3.05, 3.63) is 40.7 Å². The van der Waals surface area contributed by atoms with Crippen LogP contribution >= 0.6 is 11.5 Å². The summed E-state index contributed by atoms with van der Waals surface area (Å²) in [6.07, 6.45) is 0.330. The average Bonchev–Trinajstić information content (AvgIpc) is 2.96. The zero-order valence-electron chi connectivity index (χ0n) is 10.3. The Kier molecular flexibility index (Phi) is 4.76. The highest BCUT2D eigenvalue weighted by Crippen LogP contribution is 2.16. The molecule has 0 saturated carbocycles. The zero-order chi connectivity index (χ0) is 14.4. The first-order chi connectivity index (χ1) is 9.70. The minimum absolute atomic E-state index is 0.0364. The van der Waals surface area contributed by atoms with Crippen LogP contribution in [0.1, 0.15) is 22.5 Å². The van der Waals surface area contributed by atoms with E-state index >= 15 is 0 Å². The van der Waals surface area contributed by atoms with E-state index in [0.29, 0.717) is 12.0 Å². The van der Waals surface area contributed by atoms with E-state index in [4.69, 9.17) is 5.11 Å². The second-order valence-electron chi connectivity index (χ2n) is 3.71. The molecule has 0 spiro atoms. The number of amides is 1. The summed E-state index contributed by atoms with van der Waals surface area (Å²) < 4.78 is 17.4. The Balaban J connectivity index is 2.11. The third-order valence-electron chi connectivity index (χ3n) is 2.28. The summed E-state index contributed by atoms with van der Waals surface area (Å²) in [6, 6.07) is 4.23. The van der Waals surface area contributed by atoms with Crippen LogP contribution in [0, 0.1) is 17.7 Å². The number of carbonyl (C=O) groups excluding carboxylic acids is 1. The quantitative estimate of drug-likeness (QED) is 0.843. The fraction of sp³-hybridized carbons (Fsp3) is 0.154. The van der Waals surface area contributed by atoms with E-state index in [9.17, 15) is 9.18 Å². The van der Waals surface area contributed by atoms with Gasteiger partial charge in [0.1, 0.15) is 5.82 Å². The Hall–Kier alpha value is -2.30. The second-order valence-corrected chi connectivity index (χ2v) is 4.32. The minimum Gasteiger partial charge on any atom is -0.395 e. The predicted octanol–water partition coefficient (Wildman–Crippen LogP) is 1.66. The van der Waals surface area contributed by atoms with Gasteiger partial charge in [0.2, 0.25) is 0 Å². The van der Waals surface area contributed by atoms with Gasteiger partial charge < -0.3 is 10.4 Å². The molecule has 0 saturated heterocycles. The first-order valence-electron chi connectivity index (χ1n) is 5.68. The van der Waals surface area contributed by atoms with Crippen LogP contribution in [0.4, 0.5) is 10.1 Å². The van der Waals surface area contributed by atoms with Crippen LogP contribution < -0.4 is 5.32 Å². The van der Waals surface area contributed by atoms with E-state index in [1.807, 2.05) is 0 Å². The molecule has 0 unspecified atom stereocenters. The number of aliphatic hydroxyl groups excluding tert-OH is 1. The van der Waals surface area contributed by atoms with Gasteiger partial charge in [-0.05, 0) is 29.7 Å². The topological polar surface area (TPSA) is 75.1 Å². The monoisotopic (exact) mass is 291 g/mol. The Labute approximate surface area is 118 Å². The van der Waals surface area contributed by atoms with Gasteiger partial charge in [0.05, 0.1) is 12.3 Å². The summed E-state index contributed by atoms with van der Waals surface area (Å²) >= 11 is 1.04. The maximum absolute atomic E-state index is 13.8. The normalized spacial score (nSPS) is 9.70. The smallest absolute Gasteiger partial charge is 0.277 e. The van der Waals surface area contributed by atoms with Gasteiger partial charge in [-0.2, -0.15) is 0 Å². The fourth-order valence-corrected chi connectivity index (χ4v) is 1.80. The molecule has 2 N–H and O–H groups in total. The maximum atomic E-state index is 13.8. The van der Waals surface area contributed by atoms with Gasteiger partial charge in [0.25, 0.3) is 5.91 Å². The lowest BCUT2D eigenvalue weighted by Crippen LogP contribution is -2.13. The number of aromatic nitrogens is 2. The molecule has 2 rings (SSSR count). The van der Waals surface area contributed by atoms with Crippen LogP contribution in [0.15, 0.2) is 23.6 Å². The summed E-state index contributed by atoms with van der Waals surface area (Å²) in [7, 11) is 0. The molecule has 5 nitrogen and oxygen atoms in total. The highest BCUT2D eigenvalue weighted by Gasteiger charge is 2.11. The highest BCUT2D eigenvalue weighted by atomic mass is 32.1. The lowest BCUT2D eigenvalue weighted by atomic mass is 10.2. The van der Waals surface area contributed by atoms with Gasteiger partial charge in [0, 0.05) is 17.4 Å². The summed E-state index contributed by atoms with van der Waals surface area (Å²) in [5, 5.41) is 16.1. The van der Waals surface area contributed by atoms with Crippen molar-refractivity contribution >= 4 is 23.1 Å². The number of aliphatic hydroxyl groups is 1. The molecule has 0 aliphatic carbocycles. The number of carbonyl (C=O) groups is 1. The molecule has 0 bridgehead atoms. The van der Waals surface area contributed by atoms with Crippen LogP contribution in [0.5, 0.6) is 0 Å². The molecule has 0 fully saturated rings. The van der Waals surface area contributed by atoms with Crippen molar-refractivity contribution in [3.8, 4) is 11.8 Å². The lowest BCUT2D eigenvalue weighted by molar-refractivity contribution is 0.102. The Morgan fingerprint density at radius 2 is 2.35 bits per heavy atom. The minimum atomic E-state index is -0.586. The van der Waals surface area contributed by atoms with E-state index in [-0.39, 0.29) is 18.0 Å². The Bertz CT molecular complexity index is 662. The number of hydrogen-bond acceptors (Lipinski definition) is 5. The number of nitrogens with zero attached hydrogens (tertiary/aromatic N) is 2. The number of benzene rings is 1. The molecule has 7 heteroatoms. The summed E-state index contributed by atoms with van der Waals surface area (Å²) in [4.78, 5) is 11.7. The van der Waals surface area contributed by atoms with Gasteiger partial charge in [-0.1, -0.05) is 16.3 Å². The first-order valence-corrected chi connectivity index (χ1v) is 6.52. The van der Waals surface area contributed by atoms with Crippen molar-refractivity contribution in [1.29, 1.82) is 0 Å². The average molecular weight is 291 g/mol. The molecule has 0 radical (unpaired) electrons. The highest BCUT2D eigenvalue weighted by molar-refractivity contribution is 7.03. The Morgan fingerprint density at radius 1 is 1.50 bits per heavy atom. The first kappa shape index (κ1) is 14.1. The second kappa shape index (κ2) is 6.75. The summed E-state index contributed by atoms with van der Waals surface area (Å²) in [5.74, 6) is 4.30. The van der Waals surface area contributed by atoms with Crippen molar-refractivity contribution in [2.75, 3.05) is 11.9 Å². The van der Waals surface area contributed by atoms with Gasteiger partial charge in [-0.15, -0.1) is 5.10 Å². The van der Waals surface area contributed by atoms with Crippen LogP contribution in [-0.2, 0) is 0 Å². The lowest BCUT2D eigenvalue weighted by Gasteiger charge is -2.04. The van der Waals surface area contributed by atoms with Gasteiger partial charge in [0.15, 0.2) is 5.69 Å². The molecule has 0 atom stereocenters. The molecule has 1 aromatic carbocycles. The third kappa shape index (κ3) is 3.60. The number of anilines is 1. The van der Waals surface area contributed by atoms with E-state index in [2.05, 4.69) is 26.7 Å². The number of halogens is 1. The molecule has 1 amide bonds. The van der Waals surface area contributed by atoms with Gasteiger partial charge >= 0.3 is 0 Å². The van der Waals surface area contributed by atoms with E-state index in [1.54, 1.807) is 6.07 Å². The van der Waals surface area contributed by atoms with Crippen LogP contribution in [0.2, 0.25) is 0 Å². The molecule has 20 heavy (non-hydrogen) atoms. The van der Waals surface area contributed by atoms with Crippen LogP contribution in [-0.4, -0.2) is 27.2 Å². The molecular formula is C13H10FN3O2S. The van der Waals surface area contributed by atoms with E-state index in [1.165, 1.54) is 17.5 Å². The van der Waals surface area contributed by atoms with Gasteiger partial charge in [-0.25, -0.2) is 4.39 Å². The zero-order valence-corrected chi connectivity index (χ0v) is 11.1. The maximum Gasteiger partial charge on any atom is 0.277 e. The predicted molar refractivity (Wildman–Crippen MR) is 72.8 cm³/mol. The molecule has 0 aliphatic heterocycles. The van der Waals surface area contributed by atoms with Crippen molar-refractivity contribution in [2.24, 2.45) is 0 Å². The fourth-order valence-electron chi connectivity index (χ4n) is 1.36. The van der Waals surface area contributed by atoms with Crippen LogP contribution in [0.3, 0.4) is 0 Å². The summed E-state index contributed by atoms with van der Waals surface area (Å²) in [5.41, 5.74) is 0.668. The molecule has 1 heterocycles. The van der Waals surface area contributed by atoms with Crippen molar-refractivity contribution < 1.29 is 14.3 Å². The van der Waals surface area contributed by atoms with Gasteiger partial charge in [-0.3, -0.25) is 4.79 Å². The molecule has 1 aromatic heterocycles. The van der Waals surface area contributed by atoms with Crippen molar-refractivity contribution in [3.63, 3.8) is 0 Å². The molecule has 0 aliphatic rings. The standard InChI is InChI=1S/C13H10FN3O2S/c14-10-7-9(3-1-2-6-18)4-5-11(10)15-13(19)12-8-20-17-16-12/h4-5,7-8,18H,2,6H2,(H,15,19). The van der Waals surface area contributed by atoms with E-state index < -0.39 is 11.7 Å². The van der Waals surface area contributed by atoms with E-state index in [0.717, 1.165) is 11.5 Å². The third-order valence-corrected chi connectivity index (χ3v) is 2.78. The van der Waals surface area contributed by atoms with Crippen LogP contribution in [0.25, 0.3) is 0 Å². The SMILES string of the molecule is O=C(Nc1ccc(C#CCCO)cc1F)c1csnn1. The molecule has 102 valence electrons.